The molecule has 1 fully saturated rings. The topological polar surface area (TPSA) is 93.2 Å². The Kier molecular flexibility index (Phi) is 4.33. The fourth-order valence-corrected chi connectivity index (χ4v) is 3.94. The van der Waals surface area contributed by atoms with Crippen molar-refractivity contribution in [3.8, 4) is 23.1 Å². The van der Waals surface area contributed by atoms with Crippen molar-refractivity contribution in [3.63, 3.8) is 0 Å². The van der Waals surface area contributed by atoms with E-state index < -0.39 is 15.3 Å². The maximum Gasteiger partial charge on any atom is 0.167 e. The van der Waals surface area contributed by atoms with Gasteiger partial charge in [0.25, 0.3) is 0 Å². The summed E-state index contributed by atoms with van der Waals surface area (Å²) in [7, 11) is -1.74. The van der Waals surface area contributed by atoms with E-state index in [2.05, 4.69) is 11.2 Å². The standard InChI is InChI=1S/C17H18N2O4S/c1-22-15-4-2-3-13(9-15)16-10-14(19-23-16)11-24(20,21)8-7-17(12-18)5-6-17/h2-4,9-10H,5-8,11H2,1H3. The van der Waals surface area contributed by atoms with Crippen molar-refractivity contribution in [1.82, 2.24) is 5.16 Å². The van der Waals surface area contributed by atoms with Crippen molar-refractivity contribution in [3.05, 3.63) is 36.0 Å². The fraction of sp³-hybridized carbons (Fsp3) is 0.412. The number of sulfone groups is 1. The Morgan fingerprint density at radius 3 is 2.83 bits per heavy atom. The van der Waals surface area contributed by atoms with Gasteiger partial charge in [-0.25, -0.2) is 8.42 Å². The Balaban J connectivity index is 1.68. The molecule has 0 atom stereocenters. The summed E-state index contributed by atoms with van der Waals surface area (Å²) >= 11 is 0. The third kappa shape index (κ3) is 3.77. The summed E-state index contributed by atoms with van der Waals surface area (Å²) < 4.78 is 34.9. The second-order valence-electron chi connectivity index (χ2n) is 6.15. The van der Waals surface area contributed by atoms with Crippen LogP contribution in [-0.4, -0.2) is 26.4 Å². The zero-order chi connectivity index (χ0) is 17.2. The molecule has 0 unspecified atom stereocenters. The quantitative estimate of drug-likeness (QED) is 0.765. The van der Waals surface area contributed by atoms with Crippen molar-refractivity contribution in [2.75, 3.05) is 12.9 Å². The lowest BCUT2D eigenvalue weighted by Crippen LogP contribution is -2.13. The minimum absolute atomic E-state index is 0.00190. The Labute approximate surface area is 140 Å². The van der Waals surface area contributed by atoms with Crippen molar-refractivity contribution >= 4 is 9.84 Å². The van der Waals surface area contributed by atoms with Gasteiger partial charge in [-0.2, -0.15) is 5.26 Å². The average molecular weight is 346 g/mol. The van der Waals surface area contributed by atoms with Gasteiger partial charge in [0.15, 0.2) is 15.6 Å². The molecule has 7 heteroatoms. The van der Waals surface area contributed by atoms with Crippen LogP contribution < -0.4 is 4.74 Å². The molecule has 0 aliphatic heterocycles. The van der Waals surface area contributed by atoms with E-state index in [0.29, 0.717) is 23.6 Å². The Bertz CT molecular complexity index is 876. The molecule has 0 amide bonds. The first-order chi connectivity index (χ1) is 11.5. The molecule has 24 heavy (non-hydrogen) atoms. The molecule has 6 nitrogen and oxygen atoms in total. The van der Waals surface area contributed by atoms with Crippen LogP contribution in [0.1, 0.15) is 25.0 Å². The van der Waals surface area contributed by atoms with E-state index in [-0.39, 0.29) is 11.5 Å². The first-order valence-electron chi connectivity index (χ1n) is 7.67. The molecule has 0 N–H and O–H groups in total. The highest BCUT2D eigenvalue weighted by Gasteiger charge is 2.43. The van der Waals surface area contributed by atoms with Gasteiger partial charge in [0.05, 0.1) is 35.8 Å². The lowest BCUT2D eigenvalue weighted by Gasteiger charge is -2.05. The summed E-state index contributed by atoms with van der Waals surface area (Å²) in [5.41, 5.74) is 0.726. The molecule has 2 aromatic rings. The van der Waals surface area contributed by atoms with Gasteiger partial charge in [0, 0.05) is 11.6 Å². The van der Waals surface area contributed by atoms with Crippen molar-refractivity contribution in [2.45, 2.75) is 25.0 Å². The van der Waals surface area contributed by atoms with Crippen LogP contribution in [0.25, 0.3) is 11.3 Å². The van der Waals surface area contributed by atoms with Crippen LogP contribution in [0.5, 0.6) is 5.75 Å². The molecule has 0 spiro atoms. The Morgan fingerprint density at radius 1 is 1.38 bits per heavy atom. The number of methoxy groups -OCH3 is 1. The van der Waals surface area contributed by atoms with Gasteiger partial charge in [-0.05, 0) is 31.4 Å². The van der Waals surface area contributed by atoms with Gasteiger partial charge in [0.1, 0.15) is 5.75 Å². The maximum atomic E-state index is 12.2. The molecule has 1 heterocycles. The van der Waals surface area contributed by atoms with E-state index in [4.69, 9.17) is 14.5 Å². The highest BCUT2D eigenvalue weighted by molar-refractivity contribution is 7.90. The number of nitrogens with zero attached hydrogens (tertiary/aromatic N) is 2. The van der Waals surface area contributed by atoms with Gasteiger partial charge in [-0.3, -0.25) is 0 Å². The van der Waals surface area contributed by atoms with Crippen LogP contribution >= 0.6 is 0 Å². The third-order valence-electron chi connectivity index (χ3n) is 4.26. The summed E-state index contributed by atoms with van der Waals surface area (Å²) in [5, 5.41) is 12.9. The van der Waals surface area contributed by atoms with E-state index in [0.717, 1.165) is 18.4 Å². The molecule has 1 aliphatic carbocycles. The van der Waals surface area contributed by atoms with Crippen molar-refractivity contribution in [1.29, 1.82) is 5.26 Å². The average Bonchev–Trinajstić information content (AvgIpc) is 3.24. The molecule has 1 saturated carbocycles. The first-order valence-corrected chi connectivity index (χ1v) is 9.49. The molecule has 0 saturated heterocycles. The lowest BCUT2D eigenvalue weighted by atomic mass is 10.1. The smallest absolute Gasteiger partial charge is 0.167 e. The number of hydrogen-bond acceptors (Lipinski definition) is 6. The van der Waals surface area contributed by atoms with Crippen molar-refractivity contribution in [2.24, 2.45) is 5.41 Å². The lowest BCUT2D eigenvalue weighted by molar-refractivity contribution is 0.412. The van der Waals surface area contributed by atoms with Gasteiger partial charge in [-0.15, -0.1) is 0 Å². The summed E-state index contributed by atoms with van der Waals surface area (Å²) in [5.74, 6) is 1.00. The number of rotatable bonds is 7. The van der Waals surface area contributed by atoms with Crippen molar-refractivity contribution < 1.29 is 17.7 Å². The predicted molar refractivity (Wildman–Crippen MR) is 87.9 cm³/mol. The predicted octanol–water partition coefficient (Wildman–Crippen LogP) is 2.96. The number of aromatic nitrogens is 1. The minimum atomic E-state index is -3.32. The van der Waals surface area contributed by atoms with E-state index >= 15 is 0 Å². The number of nitriles is 1. The molecule has 1 aromatic heterocycles. The number of benzene rings is 1. The molecule has 0 radical (unpaired) electrons. The largest absolute Gasteiger partial charge is 0.497 e. The summed E-state index contributed by atoms with van der Waals surface area (Å²) in [6.45, 7) is 0. The zero-order valence-corrected chi connectivity index (χ0v) is 14.2. The molecular formula is C17H18N2O4S. The minimum Gasteiger partial charge on any atom is -0.497 e. The van der Waals surface area contributed by atoms with E-state index in [9.17, 15) is 8.42 Å². The summed E-state index contributed by atoms with van der Waals surface area (Å²) in [4.78, 5) is 0. The second-order valence-corrected chi connectivity index (χ2v) is 8.33. The van der Waals surface area contributed by atoms with Crippen LogP contribution in [0.3, 0.4) is 0 Å². The van der Waals surface area contributed by atoms with Crippen LogP contribution in [0.15, 0.2) is 34.9 Å². The molecule has 3 rings (SSSR count). The molecular weight excluding hydrogens is 328 g/mol. The SMILES string of the molecule is COc1cccc(-c2cc(CS(=O)(=O)CCC3(C#N)CC3)no2)c1. The maximum absolute atomic E-state index is 12.2. The number of hydrogen-bond donors (Lipinski definition) is 0. The fourth-order valence-electron chi connectivity index (χ4n) is 2.51. The normalized spacial score (nSPS) is 15.7. The van der Waals surface area contributed by atoms with E-state index in [1.165, 1.54) is 0 Å². The van der Waals surface area contributed by atoms with Gasteiger partial charge >= 0.3 is 0 Å². The van der Waals surface area contributed by atoms with E-state index in [1.54, 1.807) is 19.2 Å². The summed E-state index contributed by atoms with van der Waals surface area (Å²) in [6.07, 6.45) is 1.98. The zero-order valence-electron chi connectivity index (χ0n) is 13.4. The molecule has 1 aliphatic rings. The second kappa shape index (κ2) is 6.29. The van der Waals surface area contributed by atoms with Crippen LogP contribution in [0.2, 0.25) is 0 Å². The van der Waals surface area contributed by atoms with Gasteiger partial charge in [0.2, 0.25) is 0 Å². The van der Waals surface area contributed by atoms with Crippen LogP contribution in [0.4, 0.5) is 0 Å². The van der Waals surface area contributed by atoms with Crippen LogP contribution in [-0.2, 0) is 15.6 Å². The molecule has 1 aromatic carbocycles. The summed E-state index contributed by atoms with van der Waals surface area (Å²) in [6, 6.07) is 11.1. The van der Waals surface area contributed by atoms with E-state index in [1.807, 2.05) is 18.2 Å². The third-order valence-corrected chi connectivity index (χ3v) is 5.83. The number of ether oxygens (including phenoxy) is 1. The molecule has 126 valence electrons. The van der Waals surface area contributed by atoms with Gasteiger partial charge in [-0.1, -0.05) is 17.3 Å². The highest BCUT2D eigenvalue weighted by Crippen LogP contribution is 2.48. The first kappa shape index (κ1) is 16.5. The highest BCUT2D eigenvalue weighted by atomic mass is 32.2. The Hall–Kier alpha value is -2.33. The Morgan fingerprint density at radius 2 is 2.17 bits per heavy atom. The van der Waals surface area contributed by atoms with Crippen LogP contribution in [0, 0.1) is 16.7 Å². The van der Waals surface area contributed by atoms with Gasteiger partial charge < -0.3 is 9.26 Å². The molecule has 0 bridgehead atoms. The monoisotopic (exact) mass is 346 g/mol.